The Labute approximate surface area is 95.4 Å². The largest absolute Gasteiger partial charge is 1.00 e. The Hall–Kier alpha value is 1.53. The summed E-state index contributed by atoms with van der Waals surface area (Å²) in [5, 5.41) is 2.66. The molecule has 0 bridgehead atoms. The summed E-state index contributed by atoms with van der Waals surface area (Å²) in [6.45, 7) is -0.140. The summed E-state index contributed by atoms with van der Waals surface area (Å²) in [5.74, 6) is 0. The molecule has 0 rings (SSSR count). The quantitative estimate of drug-likeness (QED) is 0.309. The number of hydrogen-bond donors (Lipinski definition) is 1. The van der Waals surface area contributed by atoms with Gasteiger partial charge in [0.1, 0.15) is 0 Å². The molecule has 0 amide bonds. The number of hydrogen-bond acceptors (Lipinski definition) is 3. The molecule has 0 aliphatic heterocycles. The monoisotopic (exact) mass is 205 g/mol. The Morgan fingerprint density at radius 2 is 2.18 bits per heavy atom. The summed E-state index contributed by atoms with van der Waals surface area (Å²) in [6.07, 6.45) is 2.04. The number of rotatable bonds is 5. The number of nitrogens with one attached hydrogen (secondary N) is 1. The van der Waals surface area contributed by atoms with Gasteiger partial charge in [0.25, 0.3) is 0 Å². The van der Waals surface area contributed by atoms with E-state index in [2.05, 4.69) is 28.3 Å². The van der Waals surface area contributed by atoms with E-state index >= 15 is 0 Å². The zero-order valence-corrected chi connectivity index (χ0v) is 11.0. The minimum absolute atomic E-state index is 0. The fourth-order valence-corrected chi connectivity index (χ4v) is 1.29. The maximum absolute atomic E-state index is 10.9. The van der Waals surface area contributed by atoms with Crippen molar-refractivity contribution in [2.75, 3.05) is 13.7 Å². The molecule has 1 atom stereocenters. The molecule has 0 heterocycles. The van der Waals surface area contributed by atoms with Crippen molar-refractivity contribution in [1.29, 1.82) is 0 Å². The molecular formula is C5H13NNaO2PS. The van der Waals surface area contributed by atoms with Crippen LogP contribution in [0.2, 0.25) is 0 Å². The van der Waals surface area contributed by atoms with Crippen molar-refractivity contribution in [2.24, 2.45) is 0 Å². The molecule has 0 saturated heterocycles. The van der Waals surface area contributed by atoms with E-state index in [9.17, 15) is 4.89 Å². The molecule has 1 N–H and O–H groups in total. The predicted octanol–water partition coefficient (Wildman–Crippen LogP) is -2.39. The third-order valence-electron chi connectivity index (χ3n) is 1.08. The van der Waals surface area contributed by atoms with Gasteiger partial charge in [-0.05, 0) is 6.42 Å². The van der Waals surface area contributed by atoms with Crippen molar-refractivity contribution in [3.63, 3.8) is 0 Å². The van der Waals surface area contributed by atoms with Crippen molar-refractivity contribution in [2.45, 2.75) is 19.8 Å². The van der Waals surface area contributed by atoms with Gasteiger partial charge >= 0.3 is 29.6 Å². The Morgan fingerprint density at radius 1 is 1.64 bits per heavy atom. The molecule has 0 fully saturated rings. The van der Waals surface area contributed by atoms with Crippen LogP contribution in [0.5, 0.6) is 0 Å². The van der Waals surface area contributed by atoms with Crippen LogP contribution in [0.4, 0.5) is 0 Å². The average molecular weight is 205 g/mol. The SMILES string of the molecule is CCCCNP([O-])(=S)OC.[Na+]. The van der Waals surface area contributed by atoms with E-state index in [1.807, 2.05) is 0 Å². The molecule has 3 nitrogen and oxygen atoms in total. The van der Waals surface area contributed by atoms with Gasteiger partial charge in [0.15, 0.2) is 0 Å². The second kappa shape index (κ2) is 8.14. The van der Waals surface area contributed by atoms with Gasteiger partial charge in [0.05, 0.1) is 6.64 Å². The molecule has 0 aliphatic carbocycles. The summed E-state index contributed by atoms with van der Waals surface area (Å²) in [7, 11) is 1.35. The van der Waals surface area contributed by atoms with Crippen LogP contribution in [0.3, 0.4) is 0 Å². The fraction of sp³-hybridized carbons (Fsp3) is 1.00. The Balaban J connectivity index is 0. The van der Waals surface area contributed by atoms with E-state index in [1.165, 1.54) is 7.11 Å². The summed E-state index contributed by atoms with van der Waals surface area (Å²) < 4.78 is 4.54. The standard InChI is InChI=1S/C5H14NO2PS.Na/c1-3-4-5-6-9(7,10)8-2;/h3-5H2,1-2H3,(H2,6,7,10);/q;+1/p-1. The van der Waals surface area contributed by atoms with E-state index in [4.69, 9.17) is 0 Å². The molecule has 0 aromatic rings. The topological polar surface area (TPSA) is 44.3 Å². The Morgan fingerprint density at radius 3 is 2.55 bits per heavy atom. The van der Waals surface area contributed by atoms with Gasteiger partial charge in [-0.3, -0.25) is 5.09 Å². The van der Waals surface area contributed by atoms with Gasteiger partial charge in [-0.1, -0.05) is 25.2 Å². The van der Waals surface area contributed by atoms with Crippen LogP contribution < -0.4 is 39.5 Å². The predicted molar refractivity (Wildman–Crippen MR) is 44.2 cm³/mol. The molecule has 11 heavy (non-hydrogen) atoms. The summed E-state index contributed by atoms with van der Waals surface area (Å²) in [5.41, 5.74) is 0. The second-order valence-electron chi connectivity index (χ2n) is 1.94. The zero-order chi connectivity index (χ0) is 8.04. The van der Waals surface area contributed by atoms with Crippen LogP contribution in [0, 0.1) is 0 Å². The van der Waals surface area contributed by atoms with Gasteiger partial charge in [-0.15, -0.1) is 0 Å². The Bertz CT molecular complexity index is 136. The average Bonchev–Trinajstić information content (AvgIpc) is 1.89. The maximum Gasteiger partial charge on any atom is 1.00 e. The Kier molecular flexibility index (Phi) is 11.1. The van der Waals surface area contributed by atoms with Gasteiger partial charge < -0.3 is 9.42 Å². The first-order chi connectivity index (χ1) is 4.62. The third-order valence-corrected chi connectivity index (χ3v) is 3.00. The zero-order valence-electron chi connectivity index (χ0n) is 7.29. The maximum atomic E-state index is 10.9. The van der Waals surface area contributed by atoms with Gasteiger partial charge in [0, 0.05) is 13.7 Å². The van der Waals surface area contributed by atoms with Crippen LogP contribution in [-0.2, 0) is 16.3 Å². The first-order valence-corrected chi connectivity index (χ1v) is 5.88. The second-order valence-corrected chi connectivity index (χ2v) is 5.06. The van der Waals surface area contributed by atoms with E-state index in [1.54, 1.807) is 0 Å². The van der Waals surface area contributed by atoms with Crippen LogP contribution in [-0.4, -0.2) is 13.7 Å². The third kappa shape index (κ3) is 9.44. The molecule has 62 valence electrons. The van der Waals surface area contributed by atoms with Crippen LogP contribution in [0.15, 0.2) is 0 Å². The smallest absolute Gasteiger partial charge is 0.789 e. The van der Waals surface area contributed by atoms with Crippen LogP contribution >= 0.6 is 6.64 Å². The van der Waals surface area contributed by atoms with E-state index in [0.717, 1.165) is 12.8 Å². The van der Waals surface area contributed by atoms with Crippen molar-refractivity contribution >= 4 is 18.4 Å². The van der Waals surface area contributed by atoms with Crippen LogP contribution in [0.25, 0.3) is 0 Å². The van der Waals surface area contributed by atoms with E-state index in [-0.39, 0.29) is 29.6 Å². The van der Waals surface area contributed by atoms with Gasteiger partial charge in [-0.25, -0.2) is 0 Å². The molecular weight excluding hydrogens is 192 g/mol. The minimum Gasteiger partial charge on any atom is -0.789 e. The molecule has 0 aliphatic rings. The van der Waals surface area contributed by atoms with E-state index < -0.39 is 6.64 Å². The van der Waals surface area contributed by atoms with Crippen molar-refractivity contribution in [3.05, 3.63) is 0 Å². The molecule has 0 saturated carbocycles. The first-order valence-electron chi connectivity index (χ1n) is 3.24. The van der Waals surface area contributed by atoms with Crippen molar-refractivity contribution in [3.8, 4) is 0 Å². The summed E-state index contributed by atoms with van der Waals surface area (Å²) in [6, 6.07) is 0. The normalized spacial score (nSPS) is 15.2. The molecule has 0 spiro atoms. The van der Waals surface area contributed by atoms with E-state index in [0.29, 0.717) is 6.54 Å². The van der Waals surface area contributed by atoms with Gasteiger partial charge in [0.2, 0.25) is 0 Å². The first kappa shape index (κ1) is 15.0. The molecule has 0 radical (unpaired) electrons. The molecule has 1 unspecified atom stereocenters. The fourth-order valence-electron chi connectivity index (χ4n) is 0.457. The van der Waals surface area contributed by atoms with Crippen molar-refractivity contribution in [1.82, 2.24) is 5.09 Å². The summed E-state index contributed by atoms with van der Waals surface area (Å²) in [4.78, 5) is 10.9. The minimum atomic E-state index is -2.87. The molecule has 0 aromatic carbocycles. The summed E-state index contributed by atoms with van der Waals surface area (Å²) >= 11 is 4.58. The van der Waals surface area contributed by atoms with Crippen LogP contribution in [0.1, 0.15) is 19.8 Å². The van der Waals surface area contributed by atoms with Crippen molar-refractivity contribution < 1.29 is 39.0 Å². The number of unbranched alkanes of at least 4 members (excludes halogenated alkanes) is 1. The molecule has 6 heteroatoms. The molecule has 0 aromatic heterocycles. The van der Waals surface area contributed by atoms with Gasteiger partial charge in [-0.2, -0.15) is 0 Å².